The van der Waals surface area contributed by atoms with Crippen molar-refractivity contribution in [2.24, 2.45) is 0 Å². The molecule has 1 saturated carbocycles. The number of nitro benzene ring substituents is 1. The molecule has 2 fully saturated rings. The van der Waals surface area contributed by atoms with E-state index < -0.39 is 4.92 Å². The molecule has 0 atom stereocenters. The Labute approximate surface area is 173 Å². The summed E-state index contributed by atoms with van der Waals surface area (Å²) in [6.07, 6.45) is 7.12. The molecule has 2 heterocycles. The van der Waals surface area contributed by atoms with E-state index in [9.17, 15) is 14.9 Å². The van der Waals surface area contributed by atoms with Crippen LogP contribution in [0.25, 0.3) is 17.4 Å². The van der Waals surface area contributed by atoms with Crippen LogP contribution in [-0.4, -0.2) is 38.8 Å². The summed E-state index contributed by atoms with van der Waals surface area (Å²) < 4.78 is 5.86. The molecule has 0 unspecified atom stereocenters. The van der Waals surface area contributed by atoms with Gasteiger partial charge in [-0.25, -0.2) is 0 Å². The van der Waals surface area contributed by atoms with Crippen molar-refractivity contribution in [3.05, 3.63) is 58.0 Å². The van der Waals surface area contributed by atoms with Crippen molar-refractivity contribution in [3.63, 3.8) is 0 Å². The van der Waals surface area contributed by atoms with Gasteiger partial charge in [0.15, 0.2) is 5.11 Å². The van der Waals surface area contributed by atoms with Gasteiger partial charge in [-0.2, -0.15) is 0 Å². The predicted molar refractivity (Wildman–Crippen MR) is 113 cm³/mol. The molecule has 29 heavy (non-hydrogen) atoms. The van der Waals surface area contributed by atoms with E-state index in [2.05, 4.69) is 0 Å². The Kier molecular flexibility index (Phi) is 5.19. The van der Waals surface area contributed by atoms with Crippen LogP contribution in [0.5, 0.6) is 0 Å². The maximum absolute atomic E-state index is 13.0. The molecule has 0 spiro atoms. The third-order valence-corrected chi connectivity index (χ3v) is 5.97. The highest BCUT2D eigenvalue weighted by Gasteiger charge is 2.40. The second-order valence-electron chi connectivity index (χ2n) is 7.34. The van der Waals surface area contributed by atoms with Gasteiger partial charge in [0.2, 0.25) is 0 Å². The van der Waals surface area contributed by atoms with E-state index >= 15 is 0 Å². The van der Waals surface area contributed by atoms with Gasteiger partial charge in [0.05, 0.1) is 4.92 Å². The maximum atomic E-state index is 13.0. The van der Waals surface area contributed by atoms with Crippen molar-refractivity contribution in [1.29, 1.82) is 0 Å². The van der Waals surface area contributed by atoms with E-state index in [1.54, 1.807) is 47.2 Å². The molecule has 150 valence electrons. The number of hydrogen-bond donors (Lipinski definition) is 0. The monoisotopic (exact) mass is 411 g/mol. The lowest BCUT2D eigenvalue weighted by Gasteiger charge is -2.30. The molecule has 0 bridgehead atoms. The molecule has 0 radical (unpaired) electrons. The molecule has 1 aromatic carbocycles. The maximum Gasteiger partial charge on any atom is 0.277 e. The number of thiocarbonyl (C=S) groups is 1. The Morgan fingerprint density at radius 1 is 1.14 bits per heavy atom. The number of nitro groups is 1. The fraction of sp³-hybridized carbons (Fsp3) is 0.333. The molecule has 7 nitrogen and oxygen atoms in total. The van der Waals surface area contributed by atoms with Crippen molar-refractivity contribution in [1.82, 2.24) is 9.80 Å². The summed E-state index contributed by atoms with van der Waals surface area (Å²) in [6.45, 7) is 0. The van der Waals surface area contributed by atoms with Crippen molar-refractivity contribution >= 4 is 35.0 Å². The fourth-order valence-corrected chi connectivity index (χ4v) is 4.24. The molecule has 1 amide bonds. The molecule has 8 heteroatoms. The number of likely N-dealkylation sites (N-methyl/N-ethyl adjacent to an activating group) is 1. The fourth-order valence-electron chi connectivity index (χ4n) is 3.91. The lowest BCUT2D eigenvalue weighted by atomic mass is 9.94. The van der Waals surface area contributed by atoms with Gasteiger partial charge in [-0.1, -0.05) is 19.3 Å². The van der Waals surface area contributed by atoms with E-state index in [4.69, 9.17) is 16.6 Å². The van der Waals surface area contributed by atoms with Crippen LogP contribution in [0.4, 0.5) is 5.69 Å². The van der Waals surface area contributed by atoms with Gasteiger partial charge in [0.1, 0.15) is 17.2 Å². The third kappa shape index (κ3) is 3.67. The largest absolute Gasteiger partial charge is 0.457 e. The van der Waals surface area contributed by atoms with Gasteiger partial charge in [0.25, 0.3) is 11.6 Å². The number of benzene rings is 1. The summed E-state index contributed by atoms with van der Waals surface area (Å²) in [4.78, 5) is 26.9. The minimum absolute atomic E-state index is 0.0251. The van der Waals surface area contributed by atoms with Gasteiger partial charge in [-0.05, 0) is 49.3 Å². The van der Waals surface area contributed by atoms with E-state index in [0.717, 1.165) is 31.2 Å². The first-order chi connectivity index (χ1) is 14.0. The molecule has 2 aromatic rings. The lowest BCUT2D eigenvalue weighted by molar-refractivity contribution is -0.384. The summed E-state index contributed by atoms with van der Waals surface area (Å²) in [5.74, 6) is 1.02. The second kappa shape index (κ2) is 7.79. The molecule has 1 aliphatic heterocycles. The number of nitrogens with zero attached hydrogens (tertiary/aromatic N) is 3. The predicted octanol–water partition coefficient (Wildman–Crippen LogP) is 4.59. The highest BCUT2D eigenvalue weighted by Crippen LogP contribution is 2.31. The molecule has 1 aliphatic carbocycles. The quantitative estimate of drug-likeness (QED) is 0.317. The van der Waals surface area contributed by atoms with E-state index in [1.807, 2.05) is 0 Å². The van der Waals surface area contributed by atoms with Crippen molar-refractivity contribution in [2.45, 2.75) is 38.1 Å². The van der Waals surface area contributed by atoms with Gasteiger partial charge in [-0.3, -0.25) is 19.8 Å². The van der Waals surface area contributed by atoms with Gasteiger partial charge in [0, 0.05) is 36.9 Å². The first kappa shape index (κ1) is 19.3. The zero-order chi connectivity index (χ0) is 20.5. The minimum atomic E-state index is -0.440. The van der Waals surface area contributed by atoms with Crippen LogP contribution in [0, 0.1) is 10.1 Å². The molecule has 1 aromatic heterocycles. The van der Waals surface area contributed by atoms with Gasteiger partial charge in [-0.15, -0.1) is 0 Å². The normalized spacial score (nSPS) is 19.4. The van der Waals surface area contributed by atoms with Crippen molar-refractivity contribution in [3.8, 4) is 11.3 Å². The van der Waals surface area contributed by atoms with Crippen LogP contribution in [-0.2, 0) is 4.79 Å². The topological polar surface area (TPSA) is 79.8 Å². The smallest absolute Gasteiger partial charge is 0.277 e. The Hall–Kier alpha value is -3.00. The van der Waals surface area contributed by atoms with E-state index in [1.165, 1.54) is 18.6 Å². The van der Waals surface area contributed by atoms with Crippen LogP contribution in [0.15, 0.2) is 46.5 Å². The number of carbonyl (C=O) groups is 1. The van der Waals surface area contributed by atoms with Crippen LogP contribution >= 0.6 is 12.2 Å². The summed E-state index contributed by atoms with van der Waals surface area (Å²) in [6, 6.07) is 9.88. The van der Waals surface area contributed by atoms with Crippen molar-refractivity contribution < 1.29 is 14.1 Å². The molecule has 2 aliphatic rings. The van der Waals surface area contributed by atoms with Gasteiger partial charge >= 0.3 is 0 Å². The number of furan rings is 1. The van der Waals surface area contributed by atoms with Gasteiger partial charge < -0.3 is 9.32 Å². The molecular weight excluding hydrogens is 390 g/mol. The van der Waals surface area contributed by atoms with E-state index in [-0.39, 0.29) is 17.6 Å². The highest BCUT2D eigenvalue weighted by molar-refractivity contribution is 7.80. The minimum Gasteiger partial charge on any atom is -0.457 e. The summed E-state index contributed by atoms with van der Waals surface area (Å²) in [5.41, 5.74) is 1.24. The van der Waals surface area contributed by atoms with Crippen molar-refractivity contribution in [2.75, 3.05) is 7.05 Å². The lowest BCUT2D eigenvalue weighted by Crippen LogP contribution is -2.41. The summed E-state index contributed by atoms with van der Waals surface area (Å²) >= 11 is 5.53. The zero-order valence-corrected chi connectivity index (χ0v) is 16.9. The number of non-ortho nitro benzene ring substituents is 1. The Bertz CT molecular complexity index is 990. The summed E-state index contributed by atoms with van der Waals surface area (Å²) in [7, 11) is 1.80. The second-order valence-corrected chi connectivity index (χ2v) is 7.71. The number of rotatable bonds is 4. The van der Waals surface area contributed by atoms with E-state index in [0.29, 0.717) is 22.3 Å². The zero-order valence-electron chi connectivity index (χ0n) is 16.0. The third-order valence-electron chi connectivity index (χ3n) is 5.50. The Balaban J connectivity index is 1.57. The Morgan fingerprint density at radius 2 is 1.83 bits per heavy atom. The average molecular weight is 411 g/mol. The SMILES string of the molecule is CN1C(=S)N(C2CCCCC2)C(=O)/C1=C/c1ccc(-c2ccc([N+](=O)[O-])cc2)o1. The molecule has 1 saturated heterocycles. The average Bonchev–Trinajstić information content (AvgIpc) is 3.28. The number of carbonyl (C=O) groups excluding carboxylic acids is 1. The highest BCUT2D eigenvalue weighted by atomic mass is 32.1. The standard InChI is InChI=1S/C21H21N3O4S/c1-22-18(20(25)23(21(22)29)15-5-3-2-4-6-15)13-17-11-12-19(28-17)14-7-9-16(10-8-14)24(26)27/h7-13,15H,2-6H2,1H3/b18-13-. The van der Waals surface area contributed by atoms with Crippen LogP contribution < -0.4 is 0 Å². The first-order valence-corrected chi connectivity index (χ1v) is 10.0. The van der Waals surface area contributed by atoms with Crippen LogP contribution in [0.2, 0.25) is 0 Å². The number of amides is 1. The summed E-state index contributed by atoms with van der Waals surface area (Å²) in [5, 5.41) is 11.3. The Morgan fingerprint density at radius 3 is 2.48 bits per heavy atom. The van der Waals surface area contributed by atoms with Crippen LogP contribution in [0.1, 0.15) is 37.9 Å². The van der Waals surface area contributed by atoms with Crippen LogP contribution in [0.3, 0.4) is 0 Å². The first-order valence-electron chi connectivity index (χ1n) is 9.63. The molecule has 4 rings (SSSR count). The number of hydrogen-bond acceptors (Lipinski definition) is 5. The molecular formula is C21H21N3O4S. The molecule has 0 N–H and O–H groups in total.